The van der Waals surface area contributed by atoms with Crippen molar-refractivity contribution < 1.29 is 14.3 Å². The van der Waals surface area contributed by atoms with E-state index in [-0.39, 0.29) is 12.1 Å². The minimum absolute atomic E-state index is 0.142. The Balaban J connectivity index is 2.40. The van der Waals surface area contributed by atoms with E-state index in [1.165, 1.54) is 7.11 Å². The molecule has 0 bridgehead atoms. The molecule has 0 aliphatic carbocycles. The number of ether oxygens (including phenoxy) is 2. The van der Waals surface area contributed by atoms with Crippen molar-refractivity contribution in [3.63, 3.8) is 0 Å². The van der Waals surface area contributed by atoms with Gasteiger partial charge < -0.3 is 14.8 Å². The van der Waals surface area contributed by atoms with E-state index in [2.05, 4.69) is 10.1 Å². The smallest absolute Gasteiger partial charge is 0.336 e. The maximum atomic E-state index is 11.0. The van der Waals surface area contributed by atoms with Gasteiger partial charge in [0.15, 0.2) is 6.10 Å². The molecule has 1 heterocycles. The summed E-state index contributed by atoms with van der Waals surface area (Å²) in [5.41, 5.74) is 0. The first-order valence-electron chi connectivity index (χ1n) is 4.22. The van der Waals surface area contributed by atoms with E-state index in [4.69, 9.17) is 4.74 Å². The van der Waals surface area contributed by atoms with Crippen LogP contribution in [0.5, 0.6) is 0 Å². The van der Waals surface area contributed by atoms with Gasteiger partial charge in [-0.25, -0.2) is 4.79 Å². The number of carbonyl (C=O) groups excluding carboxylic acids is 1. The van der Waals surface area contributed by atoms with Crippen LogP contribution in [0, 0.1) is 0 Å². The number of esters is 1. The van der Waals surface area contributed by atoms with Gasteiger partial charge in [0.2, 0.25) is 0 Å². The number of morpholine rings is 1. The Morgan fingerprint density at radius 2 is 2.42 bits per heavy atom. The molecule has 0 aromatic carbocycles. The fourth-order valence-electron chi connectivity index (χ4n) is 1.21. The fourth-order valence-corrected chi connectivity index (χ4v) is 1.21. The maximum absolute atomic E-state index is 11.0. The van der Waals surface area contributed by atoms with Crippen molar-refractivity contribution in [2.75, 3.05) is 20.2 Å². The van der Waals surface area contributed by atoms with Gasteiger partial charge >= 0.3 is 5.97 Å². The highest BCUT2D eigenvalue weighted by molar-refractivity contribution is 5.74. The molecule has 0 amide bonds. The molecule has 12 heavy (non-hydrogen) atoms. The zero-order chi connectivity index (χ0) is 8.97. The summed E-state index contributed by atoms with van der Waals surface area (Å²) >= 11 is 0. The molecule has 0 aromatic heterocycles. The van der Waals surface area contributed by atoms with Gasteiger partial charge in [0, 0.05) is 13.1 Å². The first-order chi connectivity index (χ1) is 5.77. The van der Waals surface area contributed by atoms with Crippen molar-refractivity contribution in [1.82, 2.24) is 5.32 Å². The molecule has 1 fully saturated rings. The topological polar surface area (TPSA) is 47.6 Å². The van der Waals surface area contributed by atoms with Crippen LogP contribution in [0.4, 0.5) is 0 Å². The highest BCUT2D eigenvalue weighted by Crippen LogP contribution is 2.07. The Kier molecular flexibility index (Phi) is 3.49. The normalized spacial score (nSPS) is 29.8. The molecule has 1 saturated heterocycles. The molecule has 0 saturated carbocycles. The minimum atomic E-state index is -0.423. The van der Waals surface area contributed by atoms with E-state index in [0.717, 1.165) is 13.0 Å². The van der Waals surface area contributed by atoms with E-state index in [1.54, 1.807) is 0 Å². The second-order valence-electron chi connectivity index (χ2n) is 2.84. The van der Waals surface area contributed by atoms with Crippen LogP contribution in [-0.4, -0.2) is 38.4 Å². The Hall–Kier alpha value is -0.610. The third-order valence-corrected chi connectivity index (χ3v) is 1.98. The van der Waals surface area contributed by atoms with Gasteiger partial charge in [-0.1, -0.05) is 6.92 Å². The van der Waals surface area contributed by atoms with E-state index < -0.39 is 6.10 Å². The van der Waals surface area contributed by atoms with Crippen LogP contribution in [0.2, 0.25) is 0 Å². The predicted octanol–water partition coefficient (Wildman–Crippen LogP) is -0.0736. The molecular weight excluding hydrogens is 158 g/mol. The van der Waals surface area contributed by atoms with E-state index in [1.807, 2.05) is 6.92 Å². The number of hydrogen-bond acceptors (Lipinski definition) is 4. The number of carbonyl (C=O) groups is 1. The van der Waals surface area contributed by atoms with Crippen LogP contribution in [0.3, 0.4) is 0 Å². The summed E-state index contributed by atoms with van der Waals surface area (Å²) in [5.74, 6) is -0.291. The molecule has 0 spiro atoms. The zero-order valence-electron chi connectivity index (χ0n) is 7.50. The molecule has 4 nitrogen and oxygen atoms in total. The summed E-state index contributed by atoms with van der Waals surface area (Å²) in [4.78, 5) is 11.0. The molecule has 0 radical (unpaired) electrons. The summed E-state index contributed by atoms with van der Waals surface area (Å²) in [6.07, 6.45) is 0.636. The summed E-state index contributed by atoms with van der Waals surface area (Å²) in [6, 6.07) is 0. The lowest BCUT2D eigenvalue weighted by atomic mass is 10.2. The van der Waals surface area contributed by atoms with Gasteiger partial charge in [0.05, 0.1) is 13.2 Å². The Morgan fingerprint density at radius 1 is 1.67 bits per heavy atom. The third kappa shape index (κ3) is 2.19. The SMILES string of the molecule is CC[C@H]1CNC[C@@H](C(=O)OC)O1. The first-order valence-corrected chi connectivity index (χ1v) is 4.22. The van der Waals surface area contributed by atoms with Crippen molar-refractivity contribution in [1.29, 1.82) is 0 Å². The van der Waals surface area contributed by atoms with Gasteiger partial charge in [0.25, 0.3) is 0 Å². The van der Waals surface area contributed by atoms with Crippen LogP contribution in [0.1, 0.15) is 13.3 Å². The van der Waals surface area contributed by atoms with Crippen molar-refractivity contribution >= 4 is 5.97 Å². The van der Waals surface area contributed by atoms with Gasteiger partial charge in [0.1, 0.15) is 0 Å². The molecule has 1 N–H and O–H groups in total. The molecular formula is C8H15NO3. The van der Waals surface area contributed by atoms with Crippen LogP contribution in [0.25, 0.3) is 0 Å². The van der Waals surface area contributed by atoms with Crippen LogP contribution >= 0.6 is 0 Å². The fraction of sp³-hybridized carbons (Fsp3) is 0.875. The average Bonchev–Trinajstić information content (AvgIpc) is 2.17. The number of nitrogens with one attached hydrogen (secondary N) is 1. The Labute approximate surface area is 72.2 Å². The van der Waals surface area contributed by atoms with Crippen molar-refractivity contribution in [3.8, 4) is 0 Å². The van der Waals surface area contributed by atoms with Gasteiger partial charge in [-0.15, -0.1) is 0 Å². The summed E-state index contributed by atoms with van der Waals surface area (Å²) in [6.45, 7) is 3.42. The molecule has 0 unspecified atom stereocenters. The van der Waals surface area contributed by atoms with Crippen molar-refractivity contribution in [2.24, 2.45) is 0 Å². The van der Waals surface area contributed by atoms with Crippen molar-refractivity contribution in [3.05, 3.63) is 0 Å². The minimum Gasteiger partial charge on any atom is -0.467 e. The summed E-state index contributed by atoms with van der Waals surface area (Å²) in [5, 5.41) is 3.13. The monoisotopic (exact) mass is 173 g/mol. The lowest BCUT2D eigenvalue weighted by molar-refractivity contribution is -0.160. The Morgan fingerprint density at radius 3 is 3.00 bits per heavy atom. The standard InChI is InChI=1S/C8H15NO3/c1-3-6-4-9-5-7(12-6)8(10)11-2/h6-7,9H,3-5H2,1-2H3/t6-,7-/m0/s1. The molecule has 70 valence electrons. The highest BCUT2D eigenvalue weighted by Gasteiger charge is 2.26. The largest absolute Gasteiger partial charge is 0.467 e. The molecule has 1 rings (SSSR count). The van der Waals surface area contributed by atoms with Gasteiger partial charge in [-0.2, -0.15) is 0 Å². The first kappa shape index (κ1) is 9.48. The van der Waals surface area contributed by atoms with Gasteiger partial charge in [-0.05, 0) is 6.42 Å². The Bertz CT molecular complexity index is 160. The number of methoxy groups -OCH3 is 1. The van der Waals surface area contributed by atoms with E-state index >= 15 is 0 Å². The summed E-state index contributed by atoms with van der Waals surface area (Å²) in [7, 11) is 1.38. The predicted molar refractivity (Wildman–Crippen MR) is 43.8 cm³/mol. The highest BCUT2D eigenvalue weighted by atomic mass is 16.6. The van der Waals surface area contributed by atoms with Crippen LogP contribution in [-0.2, 0) is 14.3 Å². The lowest BCUT2D eigenvalue weighted by Crippen LogP contribution is -2.48. The summed E-state index contributed by atoms with van der Waals surface area (Å²) < 4.78 is 10.0. The van der Waals surface area contributed by atoms with Crippen LogP contribution < -0.4 is 5.32 Å². The second-order valence-corrected chi connectivity index (χ2v) is 2.84. The molecule has 2 atom stereocenters. The zero-order valence-corrected chi connectivity index (χ0v) is 7.50. The van der Waals surface area contributed by atoms with E-state index in [0.29, 0.717) is 6.54 Å². The quantitative estimate of drug-likeness (QED) is 0.594. The van der Waals surface area contributed by atoms with Crippen molar-refractivity contribution in [2.45, 2.75) is 25.6 Å². The molecule has 1 aliphatic heterocycles. The molecule has 0 aromatic rings. The average molecular weight is 173 g/mol. The third-order valence-electron chi connectivity index (χ3n) is 1.98. The number of hydrogen-bond donors (Lipinski definition) is 1. The van der Waals surface area contributed by atoms with Crippen LogP contribution in [0.15, 0.2) is 0 Å². The molecule has 4 heteroatoms. The second kappa shape index (κ2) is 4.42. The number of rotatable bonds is 2. The van der Waals surface area contributed by atoms with E-state index in [9.17, 15) is 4.79 Å². The molecule has 1 aliphatic rings. The lowest BCUT2D eigenvalue weighted by Gasteiger charge is -2.28. The maximum Gasteiger partial charge on any atom is 0.336 e. The van der Waals surface area contributed by atoms with Gasteiger partial charge in [-0.3, -0.25) is 0 Å².